The second-order valence-electron chi connectivity index (χ2n) is 5.25. The van der Waals surface area contributed by atoms with Crippen molar-refractivity contribution in [1.82, 2.24) is 14.3 Å². The lowest BCUT2D eigenvalue weighted by molar-refractivity contribution is -0.136. The number of likely N-dealkylation sites (N-methyl/N-ethyl adjacent to an activating group) is 1. The summed E-state index contributed by atoms with van der Waals surface area (Å²) in [5.74, 6) is -0.854. The highest BCUT2D eigenvalue weighted by atomic mass is 16.4. The standard InChI is InChI=1S/C14H18N4O2/c1-16-4-6-17(7-5-16)12-2-3-13-15-11(8-14(19)20)9-18(13)10-12/h2-3,9-10H,4-8H2,1H3,(H,19,20). The Labute approximate surface area is 117 Å². The van der Waals surface area contributed by atoms with Gasteiger partial charge in [0.2, 0.25) is 0 Å². The van der Waals surface area contributed by atoms with Crippen LogP contribution in [-0.2, 0) is 11.2 Å². The Hall–Kier alpha value is -2.08. The van der Waals surface area contributed by atoms with Crippen LogP contribution >= 0.6 is 0 Å². The van der Waals surface area contributed by atoms with Crippen molar-refractivity contribution in [2.24, 2.45) is 0 Å². The van der Waals surface area contributed by atoms with Gasteiger partial charge in [-0.3, -0.25) is 4.79 Å². The van der Waals surface area contributed by atoms with E-state index < -0.39 is 5.97 Å². The fraction of sp³-hybridized carbons (Fsp3) is 0.429. The first-order valence-corrected chi connectivity index (χ1v) is 6.75. The van der Waals surface area contributed by atoms with E-state index in [1.165, 1.54) is 0 Å². The molecule has 20 heavy (non-hydrogen) atoms. The molecule has 106 valence electrons. The van der Waals surface area contributed by atoms with Crippen LogP contribution in [0.2, 0.25) is 0 Å². The Bertz CT molecular complexity index is 629. The minimum atomic E-state index is -0.854. The van der Waals surface area contributed by atoms with E-state index in [1.54, 1.807) is 6.20 Å². The summed E-state index contributed by atoms with van der Waals surface area (Å²) in [5.41, 5.74) is 2.54. The molecule has 1 N–H and O–H groups in total. The molecular weight excluding hydrogens is 256 g/mol. The largest absolute Gasteiger partial charge is 0.481 e. The average Bonchev–Trinajstić information content (AvgIpc) is 2.79. The topological polar surface area (TPSA) is 61.1 Å². The SMILES string of the molecule is CN1CCN(c2ccc3nc(CC(=O)O)cn3c2)CC1. The van der Waals surface area contributed by atoms with Gasteiger partial charge < -0.3 is 19.3 Å². The van der Waals surface area contributed by atoms with Crippen molar-refractivity contribution >= 4 is 17.3 Å². The molecule has 0 radical (unpaired) electrons. The first-order chi connectivity index (χ1) is 9.61. The van der Waals surface area contributed by atoms with Crippen LogP contribution in [0, 0.1) is 0 Å². The number of nitrogens with zero attached hydrogens (tertiary/aromatic N) is 4. The number of anilines is 1. The normalized spacial score (nSPS) is 16.8. The molecule has 1 saturated heterocycles. The average molecular weight is 274 g/mol. The second kappa shape index (κ2) is 5.13. The molecule has 0 spiro atoms. The number of aromatic nitrogens is 2. The lowest BCUT2D eigenvalue weighted by Gasteiger charge is -2.33. The predicted octanol–water partition coefficient (Wildman–Crippen LogP) is 0.713. The molecule has 1 aliphatic rings. The summed E-state index contributed by atoms with van der Waals surface area (Å²) in [5, 5.41) is 8.81. The van der Waals surface area contributed by atoms with Gasteiger partial charge >= 0.3 is 5.97 Å². The van der Waals surface area contributed by atoms with Crippen LogP contribution < -0.4 is 4.90 Å². The zero-order valence-electron chi connectivity index (χ0n) is 11.5. The van der Waals surface area contributed by atoms with E-state index in [2.05, 4.69) is 27.9 Å². The molecule has 6 heteroatoms. The molecule has 0 atom stereocenters. The Morgan fingerprint density at radius 2 is 2.00 bits per heavy atom. The number of aliphatic carboxylic acids is 1. The van der Waals surface area contributed by atoms with Crippen molar-refractivity contribution in [3.8, 4) is 0 Å². The second-order valence-corrected chi connectivity index (χ2v) is 5.25. The highest BCUT2D eigenvalue weighted by Gasteiger charge is 2.15. The van der Waals surface area contributed by atoms with Gasteiger partial charge in [-0.25, -0.2) is 4.98 Å². The first-order valence-electron chi connectivity index (χ1n) is 6.75. The summed E-state index contributed by atoms with van der Waals surface area (Å²) < 4.78 is 1.91. The van der Waals surface area contributed by atoms with Gasteiger partial charge in [-0.1, -0.05) is 0 Å². The number of pyridine rings is 1. The maximum absolute atomic E-state index is 10.7. The molecule has 3 rings (SSSR count). The number of imidazole rings is 1. The van der Waals surface area contributed by atoms with Crippen LogP contribution in [0.4, 0.5) is 5.69 Å². The summed E-state index contributed by atoms with van der Waals surface area (Å²) in [6, 6.07) is 4.00. The van der Waals surface area contributed by atoms with Gasteiger partial charge in [0.1, 0.15) is 5.65 Å². The van der Waals surface area contributed by atoms with Gasteiger partial charge in [0.05, 0.1) is 17.8 Å². The number of fused-ring (bicyclic) bond motifs is 1. The quantitative estimate of drug-likeness (QED) is 0.893. The van der Waals surface area contributed by atoms with Crippen LogP contribution in [0.3, 0.4) is 0 Å². The molecular formula is C14H18N4O2. The zero-order valence-corrected chi connectivity index (χ0v) is 11.5. The Morgan fingerprint density at radius 3 is 2.70 bits per heavy atom. The van der Waals surface area contributed by atoms with E-state index in [0.29, 0.717) is 5.69 Å². The van der Waals surface area contributed by atoms with Crippen LogP contribution in [0.1, 0.15) is 5.69 Å². The molecule has 1 aliphatic heterocycles. The third-order valence-corrected chi connectivity index (χ3v) is 3.69. The van der Waals surface area contributed by atoms with Gasteiger partial charge in [0.25, 0.3) is 0 Å². The predicted molar refractivity (Wildman–Crippen MR) is 76.2 cm³/mol. The number of hydrogen-bond donors (Lipinski definition) is 1. The molecule has 0 amide bonds. The molecule has 6 nitrogen and oxygen atoms in total. The Morgan fingerprint density at radius 1 is 1.25 bits per heavy atom. The Kier molecular flexibility index (Phi) is 3.31. The highest BCUT2D eigenvalue weighted by molar-refractivity contribution is 5.70. The number of piperazine rings is 1. The monoisotopic (exact) mass is 274 g/mol. The third-order valence-electron chi connectivity index (χ3n) is 3.69. The Balaban J connectivity index is 1.84. The third kappa shape index (κ3) is 2.60. The van der Waals surface area contributed by atoms with E-state index in [1.807, 2.05) is 16.7 Å². The molecule has 3 heterocycles. The lowest BCUT2D eigenvalue weighted by atomic mass is 10.3. The number of carbonyl (C=O) groups is 1. The fourth-order valence-corrected chi connectivity index (χ4v) is 2.52. The van der Waals surface area contributed by atoms with Gasteiger partial charge in [-0.15, -0.1) is 0 Å². The number of rotatable bonds is 3. The zero-order chi connectivity index (χ0) is 14.1. The molecule has 0 bridgehead atoms. The smallest absolute Gasteiger partial charge is 0.309 e. The maximum Gasteiger partial charge on any atom is 0.309 e. The maximum atomic E-state index is 10.7. The van der Waals surface area contributed by atoms with E-state index in [9.17, 15) is 4.79 Å². The molecule has 0 aliphatic carbocycles. The highest BCUT2D eigenvalue weighted by Crippen LogP contribution is 2.18. The van der Waals surface area contributed by atoms with Crippen molar-refractivity contribution in [2.75, 3.05) is 38.1 Å². The fourth-order valence-electron chi connectivity index (χ4n) is 2.52. The molecule has 2 aromatic heterocycles. The number of carboxylic acids is 1. The van der Waals surface area contributed by atoms with Crippen LogP contribution in [0.25, 0.3) is 5.65 Å². The van der Waals surface area contributed by atoms with E-state index in [4.69, 9.17) is 5.11 Å². The van der Waals surface area contributed by atoms with Crippen molar-refractivity contribution in [1.29, 1.82) is 0 Å². The van der Waals surface area contributed by atoms with Gasteiger partial charge in [0.15, 0.2) is 0 Å². The van der Waals surface area contributed by atoms with Gasteiger partial charge in [0, 0.05) is 38.6 Å². The van der Waals surface area contributed by atoms with Crippen molar-refractivity contribution in [2.45, 2.75) is 6.42 Å². The summed E-state index contributed by atoms with van der Waals surface area (Å²) >= 11 is 0. The summed E-state index contributed by atoms with van der Waals surface area (Å²) in [7, 11) is 2.13. The van der Waals surface area contributed by atoms with Crippen LogP contribution in [0.5, 0.6) is 0 Å². The lowest BCUT2D eigenvalue weighted by Crippen LogP contribution is -2.44. The minimum absolute atomic E-state index is 0.0362. The van der Waals surface area contributed by atoms with Crippen molar-refractivity contribution in [3.63, 3.8) is 0 Å². The molecule has 0 saturated carbocycles. The van der Waals surface area contributed by atoms with Crippen LogP contribution in [0.15, 0.2) is 24.5 Å². The number of hydrogen-bond acceptors (Lipinski definition) is 4. The van der Waals surface area contributed by atoms with Gasteiger partial charge in [-0.05, 0) is 19.2 Å². The minimum Gasteiger partial charge on any atom is -0.481 e. The molecule has 0 aromatic carbocycles. The first kappa shape index (κ1) is 12.9. The molecule has 2 aromatic rings. The summed E-state index contributed by atoms with van der Waals surface area (Å²) in [6.45, 7) is 4.15. The summed E-state index contributed by atoms with van der Waals surface area (Å²) in [4.78, 5) is 19.7. The summed E-state index contributed by atoms with van der Waals surface area (Å²) in [6.07, 6.45) is 3.79. The van der Waals surface area contributed by atoms with E-state index in [-0.39, 0.29) is 6.42 Å². The van der Waals surface area contributed by atoms with Crippen molar-refractivity contribution in [3.05, 3.63) is 30.2 Å². The van der Waals surface area contributed by atoms with E-state index in [0.717, 1.165) is 37.5 Å². The van der Waals surface area contributed by atoms with Gasteiger partial charge in [-0.2, -0.15) is 0 Å². The van der Waals surface area contributed by atoms with Crippen molar-refractivity contribution < 1.29 is 9.90 Å². The van der Waals surface area contributed by atoms with Crippen LogP contribution in [-0.4, -0.2) is 58.6 Å². The number of carboxylic acid groups (broad SMARTS) is 1. The molecule has 1 fully saturated rings. The molecule has 0 unspecified atom stereocenters. The van der Waals surface area contributed by atoms with E-state index >= 15 is 0 Å².